The summed E-state index contributed by atoms with van der Waals surface area (Å²) < 4.78 is 0. The monoisotopic (exact) mass is 325 g/mol. The van der Waals surface area contributed by atoms with Crippen molar-refractivity contribution in [1.82, 2.24) is 5.32 Å². The van der Waals surface area contributed by atoms with Crippen LogP contribution < -0.4 is 5.32 Å². The zero-order valence-corrected chi connectivity index (χ0v) is 13.9. The Balaban J connectivity index is 2.16. The van der Waals surface area contributed by atoms with Crippen LogP contribution >= 0.6 is 11.3 Å². The number of rotatable bonds is 10. The Hall–Kier alpha value is -1.69. The van der Waals surface area contributed by atoms with E-state index in [1.807, 2.05) is 19.9 Å². The number of unbranched alkanes of at least 4 members (excludes halogenated alkanes) is 2. The predicted molar refractivity (Wildman–Crippen MR) is 86.5 cm³/mol. The van der Waals surface area contributed by atoms with E-state index in [4.69, 9.17) is 5.11 Å². The summed E-state index contributed by atoms with van der Waals surface area (Å²) in [5.41, 5.74) is 0.726. The van der Waals surface area contributed by atoms with E-state index in [0.29, 0.717) is 13.0 Å². The summed E-state index contributed by atoms with van der Waals surface area (Å²) >= 11 is 1.59. The van der Waals surface area contributed by atoms with E-state index in [1.54, 1.807) is 11.3 Å². The molecule has 0 saturated carbocycles. The van der Waals surface area contributed by atoms with Gasteiger partial charge in [-0.2, -0.15) is 0 Å². The van der Waals surface area contributed by atoms with Crippen LogP contribution in [0.2, 0.25) is 0 Å². The molecule has 0 spiro atoms. The van der Waals surface area contributed by atoms with Crippen LogP contribution in [0.4, 0.5) is 0 Å². The lowest BCUT2D eigenvalue weighted by Gasteiger charge is -2.04. The summed E-state index contributed by atoms with van der Waals surface area (Å²) in [7, 11) is 0. The maximum atomic E-state index is 12.0. The Labute approximate surface area is 134 Å². The van der Waals surface area contributed by atoms with E-state index < -0.39 is 5.97 Å². The van der Waals surface area contributed by atoms with Crippen LogP contribution in [0.5, 0.6) is 0 Å². The SMILES string of the molecule is Cc1cc(C(=O)CCC(=O)NCCCCCC(=O)O)c(C)s1. The molecule has 0 atom stereocenters. The number of hydrogen-bond acceptors (Lipinski definition) is 4. The first-order chi connectivity index (χ1) is 10.4. The highest BCUT2D eigenvalue weighted by Gasteiger charge is 2.13. The van der Waals surface area contributed by atoms with E-state index >= 15 is 0 Å². The number of aliphatic carboxylic acids is 1. The fourth-order valence-electron chi connectivity index (χ4n) is 2.16. The van der Waals surface area contributed by atoms with Crippen molar-refractivity contribution in [3.8, 4) is 0 Å². The molecule has 1 aromatic rings. The van der Waals surface area contributed by atoms with Crippen LogP contribution in [0.15, 0.2) is 6.07 Å². The number of nitrogens with one attached hydrogen (secondary N) is 1. The smallest absolute Gasteiger partial charge is 0.303 e. The summed E-state index contributed by atoms with van der Waals surface area (Å²) in [6, 6.07) is 1.88. The second kappa shape index (κ2) is 9.35. The first-order valence-electron chi connectivity index (χ1n) is 7.49. The van der Waals surface area contributed by atoms with Gasteiger partial charge in [0.1, 0.15) is 0 Å². The molecular weight excluding hydrogens is 302 g/mol. The second-order valence-corrected chi connectivity index (χ2v) is 6.76. The van der Waals surface area contributed by atoms with Gasteiger partial charge in [-0.3, -0.25) is 14.4 Å². The average Bonchev–Trinajstić information content (AvgIpc) is 2.78. The van der Waals surface area contributed by atoms with Gasteiger partial charge in [0.2, 0.25) is 5.91 Å². The number of ketones is 1. The highest BCUT2D eigenvalue weighted by atomic mass is 32.1. The first kappa shape index (κ1) is 18.4. The standard InChI is InChI=1S/C16H23NO4S/c1-11-10-13(12(2)22-11)14(18)7-8-15(19)17-9-5-3-4-6-16(20)21/h10H,3-9H2,1-2H3,(H,17,19)(H,20,21). The minimum atomic E-state index is -0.790. The van der Waals surface area contributed by atoms with Crippen molar-refractivity contribution in [1.29, 1.82) is 0 Å². The van der Waals surface area contributed by atoms with Crippen molar-refractivity contribution in [2.45, 2.75) is 52.4 Å². The molecule has 1 heterocycles. The molecule has 0 aromatic carbocycles. The molecule has 0 aliphatic carbocycles. The second-order valence-electron chi connectivity index (χ2n) is 5.30. The molecule has 0 unspecified atom stereocenters. The minimum absolute atomic E-state index is 0.0125. The van der Waals surface area contributed by atoms with E-state index in [0.717, 1.165) is 28.2 Å². The maximum Gasteiger partial charge on any atom is 0.303 e. The van der Waals surface area contributed by atoms with Gasteiger partial charge in [0, 0.05) is 41.1 Å². The van der Waals surface area contributed by atoms with Gasteiger partial charge in [-0.1, -0.05) is 6.42 Å². The Kier molecular flexibility index (Phi) is 7.80. The first-order valence-corrected chi connectivity index (χ1v) is 8.30. The Morgan fingerprint density at radius 2 is 1.82 bits per heavy atom. The predicted octanol–water partition coefficient (Wildman–Crippen LogP) is 3.09. The zero-order valence-electron chi connectivity index (χ0n) is 13.1. The lowest BCUT2D eigenvalue weighted by molar-refractivity contribution is -0.137. The third-order valence-corrected chi connectivity index (χ3v) is 4.28. The van der Waals surface area contributed by atoms with Crippen LogP contribution in [0.25, 0.3) is 0 Å². The van der Waals surface area contributed by atoms with Gasteiger partial charge in [-0.15, -0.1) is 11.3 Å². The topological polar surface area (TPSA) is 83.5 Å². The summed E-state index contributed by atoms with van der Waals surface area (Å²) in [4.78, 5) is 36.1. The molecule has 0 radical (unpaired) electrons. The van der Waals surface area contributed by atoms with Crippen LogP contribution in [-0.4, -0.2) is 29.3 Å². The molecule has 6 heteroatoms. The number of carbonyl (C=O) groups excluding carboxylic acids is 2. The maximum absolute atomic E-state index is 12.0. The van der Waals surface area contributed by atoms with Crippen molar-refractivity contribution in [2.75, 3.05) is 6.54 Å². The van der Waals surface area contributed by atoms with Crippen LogP contribution in [0.3, 0.4) is 0 Å². The number of thiophene rings is 1. The van der Waals surface area contributed by atoms with Gasteiger partial charge in [-0.25, -0.2) is 0 Å². The molecule has 5 nitrogen and oxygen atoms in total. The lowest BCUT2D eigenvalue weighted by atomic mass is 10.1. The summed E-state index contributed by atoms with van der Waals surface area (Å²) in [6.07, 6.45) is 2.75. The fourth-order valence-corrected chi connectivity index (χ4v) is 3.11. The number of hydrogen-bond donors (Lipinski definition) is 2. The van der Waals surface area contributed by atoms with Crippen molar-refractivity contribution < 1.29 is 19.5 Å². The lowest BCUT2D eigenvalue weighted by Crippen LogP contribution is -2.24. The normalized spacial score (nSPS) is 10.5. The summed E-state index contributed by atoms with van der Waals surface area (Å²) in [5, 5.41) is 11.3. The van der Waals surface area contributed by atoms with Crippen molar-refractivity contribution >= 4 is 29.0 Å². The molecule has 1 amide bonds. The Morgan fingerprint density at radius 1 is 1.09 bits per heavy atom. The van der Waals surface area contributed by atoms with E-state index in [2.05, 4.69) is 5.32 Å². The van der Waals surface area contributed by atoms with E-state index in [-0.39, 0.29) is 31.0 Å². The Bertz CT molecular complexity index is 536. The van der Waals surface area contributed by atoms with Crippen molar-refractivity contribution in [2.24, 2.45) is 0 Å². The third kappa shape index (κ3) is 6.85. The molecule has 0 saturated heterocycles. The molecule has 0 aliphatic rings. The molecule has 1 aromatic heterocycles. The van der Waals surface area contributed by atoms with Gasteiger partial charge in [0.15, 0.2) is 5.78 Å². The molecule has 2 N–H and O–H groups in total. The van der Waals surface area contributed by atoms with Gasteiger partial charge < -0.3 is 10.4 Å². The van der Waals surface area contributed by atoms with E-state index in [9.17, 15) is 14.4 Å². The number of carbonyl (C=O) groups is 3. The number of Topliss-reactive ketones (excluding diaryl/α,β-unsaturated/α-hetero) is 1. The summed E-state index contributed by atoms with van der Waals surface area (Å²) in [5.74, 6) is -0.906. The average molecular weight is 325 g/mol. The quantitative estimate of drug-likeness (QED) is 0.511. The molecule has 22 heavy (non-hydrogen) atoms. The molecule has 0 bridgehead atoms. The van der Waals surface area contributed by atoms with E-state index in [1.165, 1.54) is 0 Å². The molecule has 122 valence electrons. The van der Waals surface area contributed by atoms with Gasteiger partial charge in [0.05, 0.1) is 0 Å². The molecule has 0 aliphatic heterocycles. The molecule has 0 fully saturated rings. The van der Waals surface area contributed by atoms with Crippen LogP contribution in [-0.2, 0) is 9.59 Å². The highest BCUT2D eigenvalue weighted by Crippen LogP contribution is 2.22. The highest BCUT2D eigenvalue weighted by molar-refractivity contribution is 7.12. The number of carboxylic acids is 1. The minimum Gasteiger partial charge on any atom is -0.481 e. The zero-order chi connectivity index (χ0) is 16.5. The Morgan fingerprint density at radius 3 is 2.41 bits per heavy atom. The van der Waals surface area contributed by atoms with Crippen LogP contribution in [0.1, 0.15) is 58.6 Å². The van der Waals surface area contributed by atoms with Crippen molar-refractivity contribution in [3.63, 3.8) is 0 Å². The summed E-state index contributed by atoms with van der Waals surface area (Å²) in [6.45, 7) is 4.41. The number of aryl methyl sites for hydroxylation is 2. The van der Waals surface area contributed by atoms with Gasteiger partial charge in [-0.05, 0) is 32.8 Å². The van der Waals surface area contributed by atoms with Gasteiger partial charge in [0.25, 0.3) is 0 Å². The molecule has 1 rings (SSSR count). The van der Waals surface area contributed by atoms with Gasteiger partial charge >= 0.3 is 5.97 Å². The number of amides is 1. The third-order valence-electron chi connectivity index (χ3n) is 3.31. The fraction of sp³-hybridized carbons (Fsp3) is 0.562. The molecular formula is C16H23NO4S. The largest absolute Gasteiger partial charge is 0.481 e. The number of carboxylic acid groups (broad SMARTS) is 1. The van der Waals surface area contributed by atoms with Crippen molar-refractivity contribution in [3.05, 3.63) is 21.4 Å². The van der Waals surface area contributed by atoms with Crippen LogP contribution in [0, 0.1) is 13.8 Å².